The van der Waals surface area contributed by atoms with E-state index in [1.54, 1.807) is 4.90 Å². The van der Waals surface area contributed by atoms with Crippen molar-refractivity contribution in [3.63, 3.8) is 0 Å². The van der Waals surface area contributed by atoms with E-state index in [0.717, 1.165) is 10.9 Å². The molecule has 2 aliphatic rings. The number of para-hydroxylation sites is 1. The Labute approximate surface area is 143 Å². The van der Waals surface area contributed by atoms with Crippen LogP contribution >= 0.6 is 11.6 Å². The normalized spacial score (nSPS) is 26.5. The average Bonchev–Trinajstić information content (AvgIpc) is 3.14. The van der Waals surface area contributed by atoms with Crippen LogP contribution in [0.5, 0.6) is 0 Å². The second-order valence-corrected chi connectivity index (χ2v) is 6.91. The number of hydrogen-bond donors (Lipinski definition) is 2. The standard InChI is InChI=1S/C17H17ClN2O4/c18-13-11-3-1-2-4-12(11)19-14(13)15(21)20-7-10-8-24-6-5-17(10,9-20)16(22)23/h1-4,10,19H,5-9H2,(H,22,23)/t10-,17+/m0/s1. The van der Waals surface area contributed by atoms with E-state index in [-0.39, 0.29) is 18.4 Å². The Balaban J connectivity index is 1.67. The quantitative estimate of drug-likeness (QED) is 0.873. The molecule has 4 rings (SSSR count). The Morgan fingerprint density at radius 2 is 2.17 bits per heavy atom. The molecule has 2 N–H and O–H groups in total. The van der Waals surface area contributed by atoms with E-state index in [2.05, 4.69) is 4.98 Å². The van der Waals surface area contributed by atoms with Gasteiger partial charge in [0.25, 0.3) is 5.91 Å². The number of aromatic amines is 1. The van der Waals surface area contributed by atoms with E-state index >= 15 is 0 Å². The Hall–Kier alpha value is -2.05. The number of halogens is 1. The van der Waals surface area contributed by atoms with Gasteiger partial charge < -0.3 is 19.7 Å². The van der Waals surface area contributed by atoms with Gasteiger partial charge in [-0.2, -0.15) is 0 Å². The van der Waals surface area contributed by atoms with Gasteiger partial charge in [0.05, 0.1) is 17.0 Å². The molecule has 1 aromatic heterocycles. The maximum atomic E-state index is 12.9. The zero-order valence-corrected chi connectivity index (χ0v) is 13.7. The van der Waals surface area contributed by atoms with Gasteiger partial charge in [0.15, 0.2) is 0 Å². The predicted octanol–water partition coefficient (Wildman–Crippen LogP) is 2.38. The lowest BCUT2D eigenvalue weighted by Gasteiger charge is -2.33. The lowest BCUT2D eigenvalue weighted by molar-refractivity contribution is -0.157. The van der Waals surface area contributed by atoms with Crippen LogP contribution in [0.25, 0.3) is 10.9 Å². The summed E-state index contributed by atoms with van der Waals surface area (Å²) in [5.41, 5.74) is 0.198. The summed E-state index contributed by atoms with van der Waals surface area (Å²) in [5, 5.41) is 10.9. The highest BCUT2D eigenvalue weighted by Crippen LogP contribution is 2.43. The predicted molar refractivity (Wildman–Crippen MR) is 88.2 cm³/mol. The fourth-order valence-electron chi connectivity index (χ4n) is 3.87. The van der Waals surface area contributed by atoms with E-state index in [1.165, 1.54) is 0 Å². The number of fused-ring (bicyclic) bond motifs is 2. The number of carboxylic acid groups (broad SMARTS) is 1. The van der Waals surface area contributed by atoms with Crippen LogP contribution in [-0.4, -0.2) is 53.2 Å². The van der Waals surface area contributed by atoms with Crippen molar-refractivity contribution in [1.29, 1.82) is 0 Å². The molecule has 2 fully saturated rings. The number of rotatable bonds is 2. The minimum atomic E-state index is -0.910. The van der Waals surface area contributed by atoms with Crippen molar-refractivity contribution in [2.45, 2.75) is 6.42 Å². The molecule has 0 saturated carbocycles. The van der Waals surface area contributed by atoms with E-state index in [4.69, 9.17) is 16.3 Å². The molecule has 2 saturated heterocycles. The summed E-state index contributed by atoms with van der Waals surface area (Å²) in [6.07, 6.45) is 0.428. The van der Waals surface area contributed by atoms with Crippen LogP contribution in [0.15, 0.2) is 24.3 Å². The zero-order valence-electron chi connectivity index (χ0n) is 12.9. The molecule has 2 atom stereocenters. The van der Waals surface area contributed by atoms with Crippen molar-refractivity contribution in [2.24, 2.45) is 11.3 Å². The number of aromatic nitrogens is 1. The number of aliphatic carboxylic acids is 1. The molecule has 0 radical (unpaired) electrons. The van der Waals surface area contributed by atoms with Gasteiger partial charge in [0, 0.05) is 36.5 Å². The van der Waals surface area contributed by atoms with Gasteiger partial charge in [-0.1, -0.05) is 29.8 Å². The number of amides is 1. The van der Waals surface area contributed by atoms with Gasteiger partial charge in [-0.3, -0.25) is 9.59 Å². The third kappa shape index (κ3) is 2.13. The molecule has 7 heteroatoms. The fraction of sp³-hybridized carbons (Fsp3) is 0.412. The Bertz CT molecular complexity index is 833. The number of nitrogens with zero attached hydrogens (tertiary/aromatic N) is 1. The first-order chi connectivity index (χ1) is 11.5. The largest absolute Gasteiger partial charge is 0.481 e. The monoisotopic (exact) mass is 348 g/mol. The molecular weight excluding hydrogens is 332 g/mol. The summed E-state index contributed by atoms with van der Waals surface area (Å²) in [6.45, 7) is 1.35. The number of carboxylic acids is 1. The third-order valence-electron chi connectivity index (χ3n) is 5.28. The smallest absolute Gasteiger partial charge is 0.311 e. The highest BCUT2D eigenvalue weighted by molar-refractivity contribution is 6.38. The van der Waals surface area contributed by atoms with Crippen molar-refractivity contribution in [2.75, 3.05) is 26.3 Å². The van der Waals surface area contributed by atoms with Gasteiger partial charge in [-0.25, -0.2) is 0 Å². The fourth-order valence-corrected chi connectivity index (χ4v) is 4.16. The number of likely N-dealkylation sites (tertiary alicyclic amines) is 1. The van der Waals surface area contributed by atoms with Crippen LogP contribution in [0.4, 0.5) is 0 Å². The lowest BCUT2D eigenvalue weighted by Crippen LogP contribution is -2.45. The Morgan fingerprint density at radius 3 is 2.88 bits per heavy atom. The van der Waals surface area contributed by atoms with Gasteiger partial charge in [0.1, 0.15) is 5.69 Å². The highest BCUT2D eigenvalue weighted by atomic mass is 35.5. The first kappa shape index (κ1) is 15.5. The molecule has 0 bridgehead atoms. The first-order valence-electron chi connectivity index (χ1n) is 7.89. The van der Waals surface area contributed by atoms with E-state index in [9.17, 15) is 14.7 Å². The maximum absolute atomic E-state index is 12.9. The van der Waals surface area contributed by atoms with Crippen LogP contribution in [0.3, 0.4) is 0 Å². The Morgan fingerprint density at radius 1 is 1.38 bits per heavy atom. The van der Waals surface area contributed by atoms with Crippen LogP contribution < -0.4 is 0 Å². The van der Waals surface area contributed by atoms with Crippen molar-refractivity contribution >= 4 is 34.4 Å². The first-order valence-corrected chi connectivity index (χ1v) is 8.27. The molecule has 2 aliphatic heterocycles. The van der Waals surface area contributed by atoms with Crippen LogP contribution in [0.1, 0.15) is 16.9 Å². The molecule has 0 spiro atoms. The number of carbonyl (C=O) groups excluding carboxylic acids is 1. The molecule has 1 amide bonds. The molecular formula is C17H17ClN2O4. The number of nitrogens with one attached hydrogen (secondary N) is 1. The number of benzene rings is 1. The molecule has 0 aliphatic carbocycles. The summed E-state index contributed by atoms with van der Waals surface area (Å²) in [4.78, 5) is 29.4. The summed E-state index contributed by atoms with van der Waals surface area (Å²) in [5.74, 6) is -1.30. The van der Waals surface area contributed by atoms with Gasteiger partial charge >= 0.3 is 5.97 Å². The van der Waals surface area contributed by atoms with Gasteiger partial charge in [-0.15, -0.1) is 0 Å². The summed E-state index contributed by atoms with van der Waals surface area (Å²) >= 11 is 6.36. The van der Waals surface area contributed by atoms with E-state index in [1.807, 2.05) is 24.3 Å². The summed E-state index contributed by atoms with van der Waals surface area (Å²) in [6, 6.07) is 7.43. The van der Waals surface area contributed by atoms with Crippen molar-refractivity contribution in [1.82, 2.24) is 9.88 Å². The van der Waals surface area contributed by atoms with E-state index in [0.29, 0.717) is 36.9 Å². The minimum absolute atomic E-state index is 0.184. The van der Waals surface area contributed by atoms with Gasteiger partial charge in [-0.05, 0) is 12.5 Å². The molecule has 24 heavy (non-hydrogen) atoms. The third-order valence-corrected chi connectivity index (χ3v) is 5.67. The molecule has 3 heterocycles. The van der Waals surface area contributed by atoms with Crippen LogP contribution in [0.2, 0.25) is 5.02 Å². The summed E-state index contributed by atoms with van der Waals surface area (Å²) in [7, 11) is 0. The number of carbonyl (C=O) groups is 2. The molecule has 1 aromatic carbocycles. The van der Waals surface area contributed by atoms with Gasteiger partial charge in [0.2, 0.25) is 0 Å². The van der Waals surface area contributed by atoms with Crippen molar-refractivity contribution in [3.8, 4) is 0 Å². The lowest BCUT2D eigenvalue weighted by atomic mass is 9.74. The van der Waals surface area contributed by atoms with Crippen LogP contribution in [0, 0.1) is 11.3 Å². The number of H-pyrrole nitrogens is 1. The summed E-state index contributed by atoms with van der Waals surface area (Å²) < 4.78 is 5.43. The highest BCUT2D eigenvalue weighted by Gasteiger charge is 2.55. The number of hydrogen-bond acceptors (Lipinski definition) is 3. The Kier molecular flexibility index (Phi) is 3.54. The zero-order chi connectivity index (χ0) is 16.9. The average molecular weight is 349 g/mol. The van der Waals surface area contributed by atoms with Crippen molar-refractivity contribution in [3.05, 3.63) is 35.0 Å². The van der Waals surface area contributed by atoms with Crippen LogP contribution in [-0.2, 0) is 9.53 Å². The maximum Gasteiger partial charge on any atom is 0.311 e. The molecule has 126 valence electrons. The minimum Gasteiger partial charge on any atom is -0.481 e. The molecule has 0 unspecified atom stereocenters. The molecule has 2 aromatic rings. The SMILES string of the molecule is O=C(c1[nH]c2ccccc2c1Cl)N1C[C@H]2COCC[C@@]2(C(=O)O)C1. The second kappa shape index (κ2) is 5.50. The number of ether oxygens (including phenoxy) is 1. The van der Waals surface area contributed by atoms with E-state index < -0.39 is 11.4 Å². The van der Waals surface area contributed by atoms with Crippen molar-refractivity contribution < 1.29 is 19.4 Å². The second-order valence-electron chi connectivity index (χ2n) is 6.53. The topological polar surface area (TPSA) is 82.6 Å². The molecule has 6 nitrogen and oxygen atoms in total.